The summed E-state index contributed by atoms with van der Waals surface area (Å²) in [6.07, 6.45) is 9.92. The van der Waals surface area contributed by atoms with E-state index in [1.54, 1.807) is 13.8 Å². The Morgan fingerprint density at radius 2 is 1.18 bits per heavy atom. The van der Waals surface area contributed by atoms with Crippen LogP contribution in [0.1, 0.15) is 91.9 Å². The second-order valence-corrected chi connectivity index (χ2v) is 7.29. The van der Waals surface area contributed by atoms with Crippen LogP contribution in [0.15, 0.2) is 0 Å². The summed E-state index contributed by atoms with van der Waals surface area (Å²) in [6.45, 7) is 7.90. The Bertz CT molecular complexity index is 265. The van der Waals surface area contributed by atoms with Crippen LogP contribution in [0.3, 0.4) is 0 Å². The van der Waals surface area contributed by atoms with E-state index in [2.05, 4.69) is 13.8 Å². The predicted molar refractivity (Wildman–Crippen MR) is 86.2 cm³/mol. The van der Waals surface area contributed by atoms with Crippen molar-refractivity contribution in [3.05, 3.63) is 0 Å². The van der Waals surface area contributed by atoms with E-state index in [1.165, 1.54) is 25.7 Å². The second kappa shape index (κ2) is 15.1. The Balaban J connectivity index is 0. The monoisotopic (exact) mass is 379 g/mol. The van der Waals surface area contributed by atoms with Crippen molar-refractivity contribution in [1.82, 2.24) is 0 Å². The van der Waals surface area contributed by atoms with E-state index in [0.717, 1.165) is 38.5 Å². The molecule has 4 nitrogen and oxygen atoms in total. The van der Waals surface area contributed by atoms with Crippen LogP contribution in [0.5, 0.6) is 0 Å². The van der Waals surface area contributed by atoms with Gasteiger partial charge in [0.2, 0.25) is 0 Å². The van der Waals surface area contributed by atoms with Gasteiger partial charge in [0, 0.05) is 16.5 Å². The Kier molecular flexibility index (Phi) is 17.1. The summed E-state index contributed by atoms with van der Waals surface area (Å²) in [5.41, 5.74) is 0. The van der Waals surface area contributed by atoms with Crippen LogP contribution in [-0.4, -0.2) is 12.2 Å². The molecule has 0 aliphatic carbocycles. The quantitative estimate of drug-likeness (QED) is 0.236. The molecule has 0 aliphatic rings. The molecular formula is C16H34NiO4P-. The van der Waals surface area contributed by atoms with Gasteiger partial charge < -0.3 is 13.9 Å². The van der Waals surface area contributed by atoms with Crippen molar-refractivity contribution in [2.75, 3.05) is 0 Å². The van der Waals surface area contributed by atoms with Gasteiger partial charge in [0.1, 0.15) is 0 Å². The molecule has 138 valence electrons. The minimum absolute atomic E-state index is 0. The molecule has 0 rings (SSSR count). The van der Waals surface area contributed by atoms with Gasteiger partial charge in [-0.1, -0.05) is 65.2 Å². The number of phosphoric acid groups is 1. The molecule has 0 heterocycles. The van der Waals surface area contributed by atoms with Crippen molar-refractivity contribution in [2.24, 2.45) is 0 Å². The van der Waals surface area contributed by atoms with Crippen LogP contribution in [0.25, 0.3) is 0 Å². The van der Waals surface area contributed by atoms with Gasteiger partial charge in [-0.3, -0.25) is 4.57 Å². The number of hydrogen-bond acceptors (Lipinski definition) is 4. The fourth-order valence-corrected chi connectivity index (χ4v) is 3.43. The molecule has 22 heavy (non-hydrogen) atoms. The first-order valence-electron chi connectivity index (χ1n) is 8.59. The summed E-state index contributed by atoms with van der Waals surface area (Å²) >= 11 is 0. The fraction of sp³-hybridized carbons (Fsp3) is 1.00. The molecule has 0 spiro atoms. The summed E-state index contributed by atoms with van der Waals surface area (Å²) in [7, 11) is -4.17. The van der Waals surface area contributed by atoms with Crippen LogP contribution in [0.2, 0.25) is 0 Å². The molecular weight excluding hydrogens is 346 g/mol. The molecule has 0 saturated carbocycles. The van der Waals surface area contributed by atoms with E-state index in [4.69, 9.17) is 9.05 Å². The van der Waals surface area contributed by atoms with Crippen molar-refractivity contribution in [3.63, 3.8) is 0 Å². The first-order chi connectivity index (χ1) is 9.91. The third-order valence-corrected chi connectivity index (χ3v) is 4.78. The standard InChI is InChI=1S/C16H35O4P.Ni/c1-5-7-9-11-13-15(3)19-21(17,18)20-16(4)14-12-10-8-6-2;/h15-16H,5-14H2,1-4H3,(H,17,18);/p-1. The summed E-state index contributed by atoms with van der Waals surface area (Å²) in [5.74, 6) is 0. The fourth-order valence-electron chi connectivity index (χ4n) is 2.29. The predicted octanol–water partition coefficient (Wildman–Crippen LogP) is 5.20. The zero-order valence-corrected chi connectivity index (χ0v) is 16.5. The number of hydrogen-bond donors (Lipinski definition) is 0. The van der Waals surface area contributed by atoms with E-state index in [0.29, 0.717) is 0 Å². The SMILES string of the molecule is CCCCCCC(C)OP(=O)([O-])OC(C)CCCCCC.[Ni]. The first kappa shape index (κ1) is 24.9. The van der Waals surface area contributed by atoms with Crippen LogP contribution in [-0.2, 0) is 30.1 Å². The Labute approximate surface area is 147 Å². The largest absolute Gasteiger partial charge is 0.756 e. The van der Waals surface area contributed by atoms with Gasteiger partial charge >= 0.3 is 0 Å². The van der Waals surface area contributed by atoms with Gasteiger partial charge in [-0.25, -0.2) is 0 Å². The molecule has 0 aliphatic heterocycles. The van der Waals surface area contributed by atoms with Crippen LogP contribution < -0.4 is 4.89 Å². The molecule has 0 aromatic heterocycles. The molecule has 2 atom stereocenters. The van der Waals surface area contributed by atoms with Gasteiger partial charge in [-0.05, 0) is 26.7 Å². The van der Waals surface area contributed by atoms with Gasteiger partial charge in [0.05, 0.1) is 12.2 Å². The Morgan fingerprint density at radius 3 is 1.50 bits per heavy atom. The summed E-state index contributed by atoms with van der Waals surface area (Å²) in [4.78, 5) is 11.8. The zero-order chi connectivity index (χ0) is 16.1. The normalized spacial score (nSPS) is 16.6. The third kappa shape index (κ3) is 15.5. The van der Waals surface area contributed by atoms with Crippen LogP contribution >= 0.6 is 7.82 Å². The van der Waals surface area contributed by atoms with E-state index in [9.17, 15) is 9.46 Å². The van der Waals surface area contributed by atoms with Gasteiger partial charge in [0.15, 0.2) is 0 Å². The van der Waals surface area contributed by atoms with Crippen molar-refractivity contribution >= 4 is 7.82 Å². The summed E-state index contributed by atoms with van der Waals surface area (Å²) in [6, 6.07) is 0. The molecule has 0 amide bonds. The molecule has 0 saturated heterocycles. The minimum Gasteiger partial charge on any atom is -0.756 e. The van der Waals surface area contributed by atoms with Gasteiger partial charge in [-0.2, -0.15) is 0 Å². The number of phosphoric ester groups is 1. The van der Waals surface area contributed by atoms with E-state index < -0.39 is 7.82 Å². The second-order valence-electron chi connectivity index (χ2n) is 5.98. The van der Waals surface area contributed by atoms with Crippen molar-refractivity contribution in [1.29, 1.82) is 0 Å². The maximum Gasteiger partial charge on any atom is 0.268 e. The molecule has 0 aromatic carbocycles. The average Bonchev–Trinajstić information content (AvgIpc) is 2.38. The van der Waals surface area contributed by atoms with Crippen LogP contribution in [0, 0.1) is 0 Å². The molecule has 0 bridgehead atoms. The van der Waals surface area contributed by atoms with E-state index in [-0.39, 0.29) is 28.7 Å². The third-order valence-electron chi connectivity index (χ3n) is 3.55. The first-order valence-corrected chi connectivity index (χ1v) is 10.0. The van der Waals surface area contributed by atoms with Crippen molar-refractivity contribution in [3.8, 4) is 0 Å². The summed E-state index contributed by atoms with van der Waals surface area (Å²) < 4.78 is 22.0. The Hall–Kier alpha value is 0.604. The molecule has 0 fully saturated rings. The molecule has 0 N–H and O–H groups in total. The van der Waals surface area contributed by atoms with Crippen LogP contribution in [0.4, 0.5) is 0 Å². The van der Waals surface area contributed by atoms with Gasteiger partial charge in [-0.15, -0.1) is 0 Å². The molecule has 0 aromatic rings. The minimum atomic E-state index is -4.17. The van der Waals surface area contributed by atoms with E-state index >= 15 is 0 Å². The molecule has 2 unspecified atom stereocenters. The maximum atomic E-state index is 11.8. The smallest absolute Gasteiger partial charge is 0.268 e. The maximum absolute atomic E-state index is 11.8. The molecule has 0 radical (unpaired) electrons. The van der Waals surface area contributed by atoms with Gasteiger partial charge in [0.25, 0.3) is 7.82 Å². The van der Waals surface area contributed by atoms with E-state index in [1.807, 2.05) is 0 Å². The van der Waals surface area contributed by atoms with Crippen molar-refractivity contribution in [2.45, 2.75) is 104 Å². The Morgan fingerprint density at radius 1 is 0.818 bits per heavy atom. The number of unbranched alkanes of at least 4 members (excludes halogenated alkanes) is 6. The average molecular weight is 380 g/mol. The van der Waals surface area contributed by atoms with Crippen molar-refractivity contribution < 1.29 is 35.0 Å². The molecule has 6 heteroatoms. The summed E-state index contributed by atoms with van der Waals surface area (Å²) in [5, 5.41) is 0. The number of rotatable bonds is 14. The zero-order valence-electron chi connectivity index (χ0n) is 14.6. The topological polar surface area (TPSA) is 58.6 Å².